The van der Waals surface area contributed by atoms with Crippen LogP contribution >= 0.6 is 12.2 Å². The van der Waals surface area contributed by atoms with Gasteiger partial charge >= 0.3 is 0 Å². The molecule has 0 saturated heterocycles. The van der Waals surface area contributed by atoms with Gasteiger partial charge in [0.05, 0.1) is 5.69 Å². The van der Waals surface area contributed by atoms with Crippen LogP contribution in [0, 0.1) is 4.77 Å². The van der Waals surface area contributed by atoms with Crippen LogP contribution in [0.3, 0.4) is 0 Å². The molecule has 4 rings (SSSR count). The van der Waals surface area contributed by atoms with Gasteiger partial charge in [0.15, 0.2) is 4.77 Å². The van der Waals surface area contributed by atoms with Crippen LogP contribution in [0.2, 0.25) is 0 Å². The van der Waals surface area contributed by atoms with E-state index in [1.165, 1.54) is 22.5 Å². The summed E-state index contributed by atoms with van der Waals surface area (Å²) in [6.45, 7) is 6.20. The molecule has 0 radical (unpaired) electrons. The summed E-state index contributed by atoms with van der Waals surface area (Å²) in [5.41, 5.74) is 6.65. The summed E-state index contributed by atoms with van der Waals surface area (Å²) in [5, 5.41) is 22.1. The molecule has 0 aliphatic rings. The van der Waals surface area contributed by atoms with Gasteiger partial charge in [-0.3, -0.25) is 4.57 Å². The number of hydrogen-bond donors (Lipinski definition) is 3. The van der Waals surface area contributed by atoms with Crippen molar-refractivity contribution in [3.05, 3.63) is 58.1 Å². The summed E-state index contributed by atoms with van der Waals surface area (Å²) in [5.74, 6) is 0.146. The van der Waals surface area contributed by atoms with Crippen LogP contribution < -0.4 is 0 Å². The minimum Gasteiger partial charge on any atom is -0.508 e. The summed E-state index contributed by atoms with van der Waals surface area (Å²) in [4.78, 5) is 3.32. The second-order valence-corrected chi connectivity index (χ2v) is 8.00. The number of benzene rings is 2. The van der Waals surface area contributed by atoms with Crippen LogP contribution in [0.1, 0.15) is 37.6 Å². The lowest BCUT2D eigenvalue weighted by atomic mass is 10.0. The molecular formula is C24H27N3O2S. The highest BCUT2D eigenvalue weighted by Crippen LogP contribution is 2.38. The first-order valence-corrected chi connectivity index (χ1v) is 10.8. The summed E-state index contributed by atoms with van der Waals surface area (Å²) < 4.78 is 4.72. The van der Waals surface area contributed by atoms with Crippen LogP contribution in [-0.4, -0.2) is 24.3 Å². The van der Waals surface area contributed by atoms with E-state index in [0.717, 1.165) is 35.5 Å². The van der Waals surface area contributed by atoms with E-state index >= 15 is 0 Å². The molecule has 3 N–H and O–H groups in total. The first kappa shape index (κ1) is 20.3. The predicted molar refractivity (Wildman–Crippen MR) is 124 cm³/mol. The molecule has 0 aliphatic carbocycles. The number of phenolic OH excluding ortho intramolecular Hbond substituents is 2. The molecule has 0 atom stereocenters. The van der Waals surface area contributed by atoms with Crippen molar-refractivity contribution in [2.75, 3.05) is 0 Å². The van der Waals surface area contributed by atoms with Crippen LogP contribution in [0.25, 0.3) is 27.8 Å². The van der Waals surface area contributed by atoms with Gasteiger partial charge < -0.3 is 19.8 Å². The van der Waals surface area contributed by atoms with E-state index in [4.69, 9.17) is 12.2 Å². The summed E-state index contributed by atoms with van der Waals surface area (Å²) in [6.07, 6.45) is 4.52. The number of fused-ring (bicyclic) bond motifs is 1. The van der Waals surface area contributed by atoms with E-state index in [2.05, 4.69) is 54.8 Å². The Morgan fingerprint density at radius 3 is 2.33 bits per heavy atom. The lowest BCUT2D eigenvalue weighted by molar-refractivity contribution is 0.447. The van der Waals surface area contributed by atoms with E-state index in [-0.39, 0.29) is 11.5 Å². The summed E-state index contributed by atoms with van der Waals surface area (Å²) in [6, 6.07) is 9.62. The Labute approximate surface area is 181 Å². The molecule has 156 valence electrons. The fraction of sp³-hybridized carbons (Fsp3) is 0.292. The molecule has 6 heteroatoms. The fourth-order valence-electron chi connectivity index (χ4n) is 4.24. The maximum absolute atomic E-state index is 10.7. The lowest BCUT2D eigenvalue weighted by Crippen LogP contribution is -2.00. The van der Waals surface area contributed by atoms with Gasteiger partial charge in [0.25, 0.3) is 0 Å². The zero-order valence-corrected chi connectivity index (χ0v) is 18.6. The first-order chi connectivity index (χ1) is 14.4. The molecule has 2 aromatic heterocycles. The molecule has 0 unspecified atom stereocenters. The number of phenols is 2. The van der Waals surface area contributed by atoms with Crippen molar-refractivity contribution in [1.29, 1.82) is 0 Å². The van der Waals surface area contributed by atoms with Gasteiger partial charge in [0.1, 0.15) is 11.5 Å². The lowest BCUT2D eigenvalue weighted by Gasteiger charge is -2.14. The Bertz CT molecular complexity index is 1310. The van der Waals surface area contributed by atoms with Crippen molar-refractivity contribution in [1.82, 2.24) is 14.1 Å². The monoisotopic (exact) mass is 421 g/mol. The van der Waals surface area contributed by atoms with E-state index < -0.39 is 0 Å². The maximum atomic E-state index is 10.7. The molecule has 0 spiro atoms. The number of aromatic hydroxyl groups is 2. The highest BCUT2D eigenvalue weighted by Gasteiger charge is 2.20. The average molecular weight is 422 g/mol. The van der Waals surface area contributed by atoms with Gasteiger partial charge in [-0.05, 0) is 66.9 Å². The Morgan fingerprint density at radius 2 is 1.67 bits per heavy atom. The van der Waals surface area contributed by atoms with E-state index in [9.17, 15) is 10.2 Å². The Kier molecular flexibility index (Phi) is 5.20. The molecule has 0 saturated carbocycles. The second kappa shape index (κ2) is 7.69. The van der Waals surface area contributed by atoms with Crippen LogP contribution in [-0.2, 0) is 26.3 Å². The van der Waals surface area contributed by atoms with Gasteiger partial charge in [-0.1, -0.05) is 20.8 Å². The maximum Gasteiger partial charge on any atom is 0.182 e. The molecule has 5 nitrogen and oxygen atoms in total. The zero-order valence-electron chi connectivity index (χ0n) is 17.8. The molecule has 0 bridgehead atoms. The van der Waals surface area contributed by atoms with Crippen molar-refractivity contribution in [3.8, 4) is 28.4 Å². The second-order valence-electron chi connectivity index (χ2n) is 7.62. The highest BCUT2D eigenvalue weighted by atomic mass is 32.1. The molecule has 0 aliphatic heterocycles. The summed E-state index contributed by atoms with van der Waals surface area (Å²) in [7, 11) is 2.06. The standard InChI is InChI=1S/C24H27N3O2S/c1-5-14-10-18(22(29)12-21(14)28)23-19(7-3)25-24(30)27(23)16-8-9-20-17(11-16)15(6-2)13-26(20)4/h8-13,28-29H,5-7H2,1-4H3,(H,25,30). The minimum atomic E-state index is 0.0391. The van der Waals surface area contributed by atoms with Crippen molar-refractivity contribution >= 4 is 23.1 Å². The van der Waals surface area contributed by atoms with Crippen LogP contribution in [0.15, 0.2) is 36.5 Å². The Hall–Kier alpha value is -2.99. The van der Waals surface area contributed by atoms with Crippen molar-refractivity contribution in [2.24, 2.45) is 7.05 Å². The number of nitrogens with zero attached hydrogens (tertiary/aromatic N) is 2. The molecule has 0 fully saturated rings. The highest BCUT2D eigenvalue weighted by molar-refractivity contribution is 7.71. The molecular weight excluding hydrogens is 394 g/mol. The van der Waals surface area contributed by atoms with Crippen molar-refractivity contribution in [3.63, 3.8) is 0 Å². The van der Waals surface area contributed by atoms with Gasteiger partial charge in [0, 0.05) is 47.2 Å². The average Bonchev–Trinajstić information content (AvgIpc) is 3.24. The van der Waals surface area contributed by atoms with Crippen LogP contribution in [0.5, 0.6) is 11.5 Å². The van der Waals surface area contributed by atoms with Gasteiger partial charge in [-0.2, -0.15) is 0 Å². The smallest absolute Gasteiger partial charge is 0.182 e. The van der Waals surface area contributed by atoms with E-state index in [1.807, 2.05) is 17.6 Å². The third-order valence-electron chi connectivity index (χ3n) is 5.85. The third-order valence-corrected chi connectivity index (χ3v) is 6.14. The number of aromatic amines is 1. The number of H-pyrrole nitrogens is 1. The molecule has 0 amide bonds. The van der Waals surface area contributed by atoms with E-state index in [0.29, 0.717) is 16.8 Å². The van der Waals surface area contributed by atoms with Crippen LogP contribution in [0.4, 0.5) is 0 Å². The third kappa shape index (κ3) is 3.12. The molecule has 30 heavy (non-hydrogen) atoms. The minimum absolute atomic E-state index is 0.0391. The fourth-order valence-corrected chi connectivity index (χ4v) is 4.56. The number of nitrogens with one attached hydrogen (secondary N) is 1. The number of aryl methyl sites for hydroxylation is 4. The Morgan fingerprint density at radius 1 is 0.933 bits per heavy atom. The first-order valence-electron chi connectivity index (χ1n) is 10.4. The normalized spacial score (nSPS) is 11.5. The summed E-state index contributed by atoms with van der Waals surface area (Å²) >= 11 is 5.70. The number of hydrogen-bond acceptors (Lipinski definition) is 3. The topological polar surface area (TPSA) is 66.1 Å². The Balaban J connectivity index is 2.03. The molecule has 4 aromatic rings. The molecule has 2 heterocycles. The predicted octanol–water partition coefficient (Wildman–Crippen LogP) is 5.79. The van der Waals surface area contributed by atoms with Gasteiger partial charge in [0.2, 0.25) is 0 Å². The number of rotatable bonds is 5. The number of imidazole rings is 1. The van der Waals surface area contributed by atoms with Crippen molar-refractivity contribution < 1.29 is 10.2 Å². The number of aromatic nitrogens is 3. The van der Waals surface area contributed by atoms with Gasteiger partial charge in [-0.15, -0.1) is 0 Å². The van der Waals surface area contributed by atoms with Gasteiger partial charge in [-0.25, -0.2) is 0 Å². The largest absolute Gasteiger partial charge is 0.508 e. The van der Waals surface area contributed by atoms with Crippen molar-refractivity contribution in [2.45, 2.75) is 40.0 Å². The quantitative estimate of drug-likeness (QED) is 0.357. The zero-order chi connectivity index (χ0) is 21.6. The molecule has 2 aromatic carbocycles. The van der Waals surface area contributed by atoms with E-state index in [1.54, 1.807) is 0 Å². The SMILES string of the molecule is CCc1cc(-c2c(CC)[nH]c(=S)n2-c2ccc3c(c2)c(CC)cn3C)c(O)cc1O.